The van der Waals surface area contributed by atoms with Crippen LogP contribution in [0.4, 0.5) is 0 Å². The van der Waals surface area contributed by atoms with E-state index in [1.807, 2.05) is 18.7 Å². The molecular formula is C20H29NO6. The van der Waals surface area contributed by atoms with E-state index in [2.05, 4.69) is 0 Å². The second kappa shape index (κ2) is 8.97. The average molecular weight is 379 g/mol. The monoisotopic (exact) mass is 379 g/mol. The quantitative estimate of drug-likeness (QED) is 0.707. The fourth-order valence-corrected chi connectivity index (χ4v) is 3.53. The molecule has 1 aromatic carbocycles. The molecule has 0 spiro atoms. The summed E-state index contributed by atoms with van der Waals surface area (Å²) in [5.74, 6) is 0.277. The SMILES string of the molecule is COc1cc(OC)c(C(=O)O[C@H](C)C(=O)N2[C@@H](C)CCC[C@@H]2C)cc1OC. The molecule has 7 heteroatoms. The number of hydrogen-bond donors (Lipinski definition) is 0. The third kappa shape index (κ3) is 4.46. The summed E-state index contributed by atoms with van der Waals surface area (Å²) in [6, 6.07) is 3.32. The summed E-state index contributed by atoms with van der Waals surface area (Å²) in [5, 5.41) is 0. The maximum atomic E-state index is 12.8. The Hall–Kier alpha value is -2.44. The highest BCUT2D eigenvalue weighted by atomic mass is 16.6. The highest BCUT2D eigenvalue weighted by Gasteiger charge is 2.33. The third-order valence-electron chi connectivity index (χ3n) is 5.01. The van der Waals surface area contributed by atoms with E-state index in [0.29, 0.717) is 11.5 Å². The van der Waals surface area contributed by atoms with Gasteiger partial charge in [-0.3, -0.25) is 4.79 Å². The number of hydrogen-bond acceptors (Lipinski definition) is 6. The van der Waals surface area contributed by atoms with E-state index in [1.54, 1.807) is 13.0 Å². The van der Waals surface area contributed by atoms with Crippen molar-refractivity contribution >= 4 is 11.9 Å². The number of benzene rings is 1. The van der Waals surface area contributed by atoms with Crippen LogP contribution in [-0.4, -0.2) is 56.3 Å². The zero-order valence-electron chi connectivity index (χ0n) is 16.9. The first-order valence-corrected chi connectivity index (χ1v) is 9.17. The Morgan fingerprint density at radius 1 is 0.963 bits per heavy atom. The van der Waals surface area contributed by atoms with E-state index >= 15 is 0 Å². The summed E-state index contributed by atoms with van der Waals surface area (Å²) in [6.45, 7) is 5.65. The van der Waals surface area contributed by atoms with Crippen molar-refractivity contribution in [2.24, 2.45) is 0 Å². The van der Waals surface area contributed by atoms with Gasteiger partial charge >= 0.3 is 5.97 Å². The molecule has 1 heterocycles. The summed E-state index contributed by atoms with van der Waals surface area (Å²) in [7, 11) is 4.42. The molecule has 150 valence electrons. The molecule has 27 heavy (non-hydrogen) atoms. The Kier molecular flexibility index (Phi) is 6.93. The van der Waals surface area contributed by atoms with Crippen molar-refractivity contribution in [1.29, 1.82) is 0 Å². The zero-order chi connectivity index (χ0) is 20.1. The van der Waals surface area contributed by atoms with Gasteiger partial charge in [0.15, 0.2) is 17.6 Å². The summed E-state index contributed by atoms with van der Waals surface area (Å²) < 4.78 is 21.2. The van der Waals surface area contributed by atoms with Gasteiger partial charge in [-0.15, -0.1) is 0 Å². The molecule has 1 amide bonds. The molecule has 2 rings (SSSR count). The number of rotatable bonds is 6. The molecule has 3 atom stereocenters. The van der Waals surface area contributed by atoms with Crippen molar-refractivity contribution in [2.75, 3.05) is 21.3 Å². The maximum absolute atomic E-state index is 12.8. The third-order valence-corrected chi connectivity index (χ3v) is 5.01. The highest BCUT2D eigenvalue weighted by Crippen LogP contribution is 2.35. The molecule has 7 nitrogen and oxygen atoms in total. The summed E-state index contributed by atoms with van der Waals surface area (Å²) in [6.07, 6.45) is 2.13. The number of carbonyl (C=O) groups excluding carboxylic acids is 2. The van der Waals surface area contributed by atoms with Crippen molar-refractivity contribution in [2.45, 2.75) is 58.2 Å². The summed E-state index contributed by atoms with van der Waals surface area (Å²) >= 11 is 0. The van der Waals surface area contributed by atoms with Crippen molar-refractivity contribution in [3.63, 3.8) is 0 Å². The van der Waals surface area contributed by atoms with Gasteiger partial charge in [-0.1, -0.05) is 0 Å². The molecule has 0 bridgehead atoms. The van der Waals surface area contributed by atoms with Crippen LogP contribution >= 0.6 is 0 Å². The van der Waals surface area contributed by atoms with Gasteiger partial charge < -0.3 is 23.8 Å². The predicted molar refractivity (Wildman–Crippen MR) is 101 cm³/mol. The molecule has 0 aliphatic carbocycles. The molecule has 1 aromatic rings. The van der Waals surface area contributed by atoms with Crippen molar-refractivity contribution in [3.8, 4) is 17.2 Å². The molecule has 1 saturated heterocycles. The number of esters is 1. The predicted octanol–water partition coefficient (Wildman–Crippen LogP) is 3.05. The number of likely N-dealkylation sites (tertiary alicyclic amines) is 1. The van der Waals surface area contributed by atoms with E-state index in [1.165, 1.54) is 27.4 Å². The van der Waals surface area contributed by atoms with Crippen LogP contribution in [0.25, 0.3) is 0 Å². The number of carbonyl (C=O) groups is 2. The minimum Gasteiger partial charge on any atom is -0.496 e. The first kappa shape index (κ1) is 20.9. The molecular weight excluding hydrogens is 350 g/mol. The minimum absolute atomic E-state index is 0.137. The van der Waals surface area contributed by atoms with E-state index in [-0.39, 0.29) is 29.3 Å². The van der Waals surface area contributed by atoms with Gasteiger partial charge in [-0.05, 0) is 40.0 Å². The van der Waals surface area contributed by atoms with Gasteiger partial charge in [0.2, 0.25) is 0 Å². The second-order valence-corrected chi connectivity index (χ2v) is 6.83. The Labute approximate surface area is 160 Å². The Morgan fingerprint density at radius 2 is 1.48 bits per heavy atom. The fraction of sp³-hybridized carbons (Fsp3) is 0.600. The van der Waals surface area contributed by atoms with Crippen LogP contribution in [-0.2, 0) is 9.53 Å². The lowest BCUT2D eigenvalue weighted by atomic mass is 9.97. The van der Waals surface area contributed by atoms with Crippen LogP contribution in [0, 0.1) is 0 Å². The topological polar surface area (TPSA) is 74.3 Å². The standard InChI is InChI=1S/C20H29NO6/c1-12-8-7-9-13(2)21(12)19(22)14(3)27-20(23)15-10-17(25-5)18(26-6)11-16(15)24-4/h10-14H,7-9H2,1-6H3/t12-,13-,14+/m0/s1. The molecule has 1 fully saturated rings. The summed E-state index contributed by atoms with van der Waals surface area (Å²) in [4.78, 5) is 27.3. The molecule has 0 radical (unpaired) electrons. The smallest absolute Gasteiger partial charge is 0.342 e. The number of amides is 1. The van der Waals surface area contributed by atoms with Crippen molar-refractivity contribution in [1.82, 2.24) is 4.90 Å². The van der Waals surface area contributed by atoms with Crippen LogP contribution < -0.4 is 14.2 Å². The zero-order valence-corrected chi connectivity index (χ0v) is 16.9. The maximum Gasteiger partial charge on any atom is 0.342 e. The van der Waals surface area contributed by atoms with E-state index < -0.39 is 12.1 Å². The Bertz CT molecular complexity index is 679. The lowest BCUT2D eigenvalue weighted by molar-refractivity contribution is -0.146. The number of methoxy groups -OCH3 is 3. The molecule has 0 N–H and O–H groups in total. The van der Waals surface area contributed by atoms with Gasteiger partial charge in [0, 0.05) is 24.2 Å². The molecule has 0 unspecified atom stereocenters. The Morgan fingerprint density at radius 3 is 2.00 bits per heavy atom. The molecule has 1 aliphatic rings. The fourth-order valence-electron chi connectivity index (χ4n) is 3.53. The first-order chi connectivity index (χ1) is 12.8. The van der Waals surface area contributed by atoms with Crippen LogP contribution in [0.2, 0.25) is 0 Å². The van der Waals surface area contributed by atoms with Crippen LogP contribution in [0.1, 0.15) is 50.4 Å². The number of ether oxygens (including phenoxy) is 4. The van der Waals surface area contributed by atoms with E-state index in [4.69, 9.17) is 18.9 Å². The molecule has 1 aliphatic heterocycles. The number of piperidine rings is 1. The lowest BCUT2D eigenvalue weighted by Gasteiger charge is -2.40. The molecule has 0 saturated carbocycles. The van der Waals surface area contributed by atoms with Crippen LogP contribution in [0.5, 0.6) is 17.2 Å². The van der Waals surface area contributed by atoms with Gasteiger partial charge in [0.25, 0.3) is 5.91 Å². The molecule has 0 aromatic heterocycles. The first-order valence-electron chi connectivity index (χ1n) is 9.17. The van der Waals surface area contributed by atoms with Gasteiger partial charge in [-0.2, -0.15) is 0 Å². The van der Waals surface area contributed by atoms with Gasteiger partial charge in [-0.25, -0.2) is 4.79 Å². The van der Waals surface area contributed by atoms with Gasteiger partial charge in [0.05, 0.1) is 21.3 Å². The van der Waals surface area contributed by atoms with Crippen molar-refractivity contribution < 1.29 is 28.5 Å². The lowest BCUT2D eigenvalue weighted by Crippen LogP contribution is -2.51. The van der Waals surface area contributed by atoms with Crippen LogP contribution in [0.15, 0.2) is 12.1 Å². The highest BCUT2D eigenvalue weighted by molar-refractivity contribution is 5.95. The summed E-state index contributed by atoms with van der Waals surface area (Å²) in [5.41, 5.74) is 0.176. The normalized spacial score (nSPS) is 20.6. The van der Waals surface area contributed by atoms with Gasteiger partial charge in [0.1, 0.15) is 11.3 Å². The Balaban J connectivity index is 2.19. The largest absolute Gasteiger partial charge is 0.496 e. The number of nitrogens with zero attached hydrogens (tertiary/aromatic N) is 1. The van der Waals surface area contributed by atoms with E-state index in [9.17, 15) is 9.59 Å². The second-order valence-electron chi connectivity index (χ2n) is 6.83. The average Bonchev–Trinajstić information content (AvgIpc) is 2.66. The van der Waals surface area contributed by atoms with E-state index in [0.717, 1.165) is 19.3 Å². The van der Waals surface area contributed by atoms with Crippen LogP contribution in [0.3, 0.4) is 0 Å². The minimum atomic E-state index is -0.890. The van der Waals surface area contributed by atoms with Crippen molar-refractivity contribution in [3.05, 3.63) is 17.7 Å².